The number of rotatable bonds is 0. The molecular weight excluding hydrogens is 146 g/mol. The number of anilines is 1. The van der Waals surface area contributed by atoms with E-state index >= 15 is 0 Å². The summed E-state index contributed by atoms with van der Waals surface area (Å²) < 4.78 is 43.0. The predicted molar refractivity (Wildman–Crippen MR) is 47.6 cm³/mol. The number of halogens is 1. The van der Waals surface area contributed by atoms with E-state index in [0.717, 1.165) is 6.07 Å². The van der Waals surface area contributed by atoms with E-state index in [4.69, 9.17) is 14.0 Å². The molecule has 1 aromatic rings. The molecule has 0 radical (unpaired) electrons. The number of hydrogen-bond acceptors (Lipinski definition) is 1. The average molecular weight is 164 g/mol. The topological polar surface area (TPSA) is 26.0 Å². The summed E-state index contributed by atoms with van der Waals surface area (Å²) in [7, 11) is 0. The molecule has 0 bridgehead atoms. The molecule has 0 atom stereocenters. The van der Waals surface area contributed by atoms with E-state index in [1.807, 2.05) is 0 Å². The summed E-state index contributed by atoms with van der Waals surface area (Å²) in [5.41, 5.74) is 5.44. The number of benzene rings is 1. The molecule has 2 heteroatoms. The minimum Gasteiger partial charge on any atom is -0.399 e. The van der Waals surface area contributed by atoms with Gasteiger partial charge in [-0.25, -0.2) is 0 Å². The fraction of sp³-hybridized carbons (Fsp3) is 0.250. The summed E-state index contributed by atoms with van der Waals surface area (Å²) in [6, 6.07) is 3.75. The van der Waals surface area contributed by atoms with Gasteiger partial charge in [0, 0.05) is 13.9 Å². The van der Waals surface area contributed by atoms with Crippen molar-refractivity contribution in [2.45, 2.75) is 13.7 Å². The first-order chi connectivity index (χ1) is 6.62. The van der Waals surface area contributed by atoms with Crippen LogP contribution < -0.4 is 5.73 Å². The lowest BCUT2D eigenvalue weighted by atomic mass is 10.1. The van der Waals surface area contributed by atoms with Crippen molar-refractivity contribution >= 4 is 18.1 Å². The monoisotopic (exact) mass is 163 g/mol. The molecule has 1 nitrogen and oxygen atoms in total. The summed E-state index contributed by atoms with van der Waals surface area (Å²) in [5.74, 6) is 0. The molecule has 0 aliphatic carbocycles. The van der Waals surface area contributed by atoms with Gasteiger partial charge in [0.1, 0.15) is 0 Å². The zero-order valence-electron chi connectivity index (χ0n) is 11.2. The van der Waals surface area contributed by atoms with E-state index in [0.29, 0.717) is 0 Å². The number of hydrogen-bond donors (Lipinski definition) is 1. The maximum Gasteiger partial charge on any atom is 0.0343 e. The van der Waals surface area contributed by atoms with Crippen molar-refractivity contribution in [3.8, 4) is 0 Å². The number of nitrogens with two attached hydrogens (primary N) is 1. The summed E-state index contributed by atoms with van der Waals surface area (Å²) in [6.45, 7) is -4.70. The van der Waals surface area contributed by atoms with Crippen LogP contribution in [0.2, 0.25) is 0 Å². The van der Waals surface area contributed by atoms with Crippen LogP contribution in [-0.2, 0) is 0 Å². The van der Waals surface area contributed by atoms with Crippen LogP contribution in [0.15, 0.2) is 18.2 Å². The highest BCUT2D eigenvalue weighted by atomic mass is 35.5. The molecule has 1 aromatic carbocycles. The Kier molecular flexibility index (Phi) is 1.09. The highest BCUT2D eigenvalue weighted by molar-refractivity contribution is 5.85. The first-order valence-corrected chi connectivity index (χ1v) is 2.53. The van der Waals surface area contributed by atoms with Gasteiger partial charge in [0.15, 0.2) is 0 Å². The van der Waals surface area contributed by atoms with Gasteiger partial charge in [0.25, 0.3) is 0 Å². The molecular formula is C8H12ClN. The fourth-order valence-electron chi connectivity index (χ4n) is 0.556. The summed E-state index contributed by atoms with van der Waals surface area (Å²) >= 11 is 0. The molecule has 2 N–H and O–H groups in total. The minimum absolute atomic E-state index is 0. The lowest BCUT2D eigenvalue weighted by molar-refractivity contribution is 1.39. The Morgan fingerprint density at radius 2 is 2.20 bits per heavy atom. The van der Waals surface area contributed by atoms with Crippen LogP contribution >= 0.6 is 12.4 Å². The summed E-state index contributed by atoms with van der Waals surface area (Å²) in [4.78, 5) is 0. The Labute approximate surface area is 76.1 Å². The van der Waals surface area contributed by atoms with Crippen molar-refractivity contribution in [2.75, 3.05) is 5.73 Å². The van der Waals surface area contributed by atoms with Gasteiger partial charge < -0.3 is 5.73 Å². The van der Waals surface area contributed by atoms with Crippen LogP contribution in [0.1, 0.15) is 19.4 Å². The minimum atomic E-state index is -2.38. The van der Waals surface area contributed by atoms with Crippen molar-refractivity contribution in [1.82, 2.24) is 0 Å². The Balaban J connectivity index is 0.00000225. The Morgan fingerprint density at radius 1 is 1.40 bits per heavy atom. The zero-order chi connectivity index (χ0) is 11.9. The molecule has 0 saturated carbocycles. The molecule has 0 heterocycles. The Hall–Kier alpha value is -0.690. The van der Waals surface area contributed by atoms with E-state index in [1.165, 1.54) is 12.1 Å². The van der Waals surface area contributed by atoms with Crippen molar-refractivity contribution in [3.63, 3.8) is 0 Å². The third-order valence-corrected chi connectivity index (χ3v) is 1.05. The number of nitrogen functional groups attached to an aromatic ring is 1. The molecule has 1 rings (SSSR count). The van der Waals surface area contributed by atoms with Crippen LogP contribution in [0.4, 0.5) is 5.69 Å². The van der Waals surface area contributed by atoms with E-state index in [2.05, 4.69) is 0 Å². The molecule has 0 fully saturated rings. The molecule has 10 heavy (non-hydrogen) atoms. The molecule has 0 aliphatic heterocycles. The molecule has 0 aromatic heterocycles. The van der Waals surface area contributed by atoms with Crippen molar-refractivity contribution in [1.29, 1.82) is 0 Å². The SMILES string of the molecule is Cl.[2H]C([2H])([2H])c1ccc(N)c(C([2H])([2H])[2H])c1. The molecule has 0 aliphatic rings. The third-order valence-electron chi connectivity index (χ3n) is 1.05. The molecule has 56 valence electrons. The van der Waals surface area contributed by atoms with E-state index in [1.54, 1.807) is 0 Å². The summed E-state index contributed by atoms with van der Waals surface area (Å²) in [5, 5.41) is 0. The average Bonchev–Trinajstić information content (AvgIpc) is 2.00. The van der Waals surface area contributed by atoms with E-state index in [9.17, 15) is 0 Å². The van der Waals surface area contributed by atoms with E-state index in [-0.39, 0.29) is 29.2 Å². The van der Waals surface area contributed by atoms with Gasteiger partial charge in [-0.1, -0.05) is 17.7 Å². The van der Waals surface area contributed by atoms with Crippen molar-refractivity contribution < 1.29 is 8.22 Å². The lowest BCUT2D eigenvalue weighted by Crippen LogP contribution is -1.88. The van der Waals surface area contributed by atoms with Crippen LogP contribution in [0, 0.1) is 13.7 Å². The third kappa shape index (κ3) is 1.92. The first-order valence-electron chi connectivity index (χ1n) is 5.53. The standard InChI is InChI=1S/C8H11N.ClH/c1-6-3-4-8(9)7(2)5-6;/h3-5H,9H2,1-2H3;1H/i1D3,2D3;. The van der Waals surface area contributed by atoms with Crippen LogP contribution in [0.25, 0.3) is 0 Å². The van der Waals surface area contributed by atoms with Gasteiger partial charge in [-0.3, -0.25) is 0 Å². The molecule has 0 unspecified atom stereocenters. The van der Waals surface area contributed by atoms with E-state index < -0.39 is 13.7 Å². The normalized spacial score (nSPS) is 20.0. The molecule has 0 amide bonds. The molecule has 0 spiro atoms. The van der Waals surface area contributed by atoms with Gasteiger partial charge in [0.05, 0.1) is 0 Å². The zero-order valence-corrected chi connectivity index (χ0v) is 6.03. The predicted octanol–water partition coefficient (Wildman–Crippen LogP) is 2.31. The maximum atomic E-state index is 7.18. The summed E-state index contributed by atoms with van der Waals surface area (Å²) in [6.07, 6.45) is 0. The van der Waals surface area contributed by atoms with Crippen molar-refractivity contribution in [3.05, 3.63) is 29.3 Å². The van der Waals surface area contributed by atoms with Gasteiger partial charge >= 0.3 is 0 Å². The quantitative estimate of drug-likeness (QED) is 0.584. The van der Waals surface area contributed by atoms with Gasteiger partial charge in [-0.15, -0.1) is 12.4 Å². The molecule has 0 saturated heterocycles. The fourth-order valence-corrected chi connectivity index (χ4v) is 0.556. The second-order valence-electron chi connectivity index (χ2n) is 1.80. The van der Waals surface area contributed by atoms with Crippen LogP contribution in [-0.4, -0.2) is 0 Å². The Morgan fingerprint density at radius 3 is 2.80 bits per heavy atom. The second kappa shape index (κ2) is 3.47. The lowest BCUT2D eigenvalue weighted by Gasteiger charge is -1.98. The largest absolute Gasteiger partial charge is 0.399 e. The first kappa shape index (κ1) is 3.14. The van der Waals surface area contributed by atoms with Crippen LogP contribution in [0.5, 0.6) is 0 Å². The van der Waals surface area contributed by atoms with Gasteiger partial charge in [0.2, 0.25) is 0 Å². The highest BCUT2D eigenvalue weighted by Crippen LogP contribution is 2.10. The Bertz CT molecular complexity index is 370. The second-order valence-corrected chi connectivity index (χ2v) is 1.80. The van der Waals surface area contributed by atoms with Gasteiger partial charge in [-0.2, -0.15) is 0 Å². The van der Waals surface area contributed by atoms with Crippen LogP contribution in [0.3, 0.4) is 0 Å². The smallest absolute Gasteiger partial charge is 0.0343 e. The van der Waals surface area contributed by atoms with Crippen molar-refractivity contribution in [2.24, 2.45) is 0 Å². The maximum absolute atomic E-state index is 7.18. The number of aryl methyl sites for hydroxylation is 2. The van der Waals surface area contributed by atoms with Gasteiger partial charge in [-0.05, 0) is 25.3 Å². The highest BCUT2D eigenvalue weighted by Gasteiger charge is 1.89.